The topological polar surface area (TPSA) is 95.4 Å². The number of aliphatic carboxylic acids is 1. The number of urea groups is 1. The van der Waals surface area contributed by atoms with Crippen molar-refractivity contribution in [1.29, 1.82) is 0 Å². The van der Waals surface area contributed by atoms with E-state index in [1.165, 1.54) is 16.2 Å². The molecule has 1 aromatic heterocycles. The Bertz CT molecular complexity index is 462. The first-order chi connectivity index (χ1) is 8.61. The maximum absolute atomic E-state index is 11.9. The summed E-state index contributed by atoms with van der Waals surface area (Å²) in [5, 5.41) is 20.5. The number of nitrogens with zero attached hydrogens (tertiary/aromatic N) is 3. The molecule has 0 aliphatic carbocycles. The maximum atomic E-state index is 11.9. The van der Waals surface area contributed by atoms with Crippen molar-refractivity contribution in [1.82, 2.24) is 15.1 Å². The summed E-state index contributed by atoms with van der Waals surface area (Å²) in [5.74, 6) is -0.964. The Kier molecular flexibility index (Phi) is 3.75. The van der Waals surface area contributed by atoms with Crippen LogP contribution in [0, 0.1) is 0 Å². The van der Waals surface area contributed by atoms with Gasteiger partial charge in [-0.1, -0.05) is 18.3 Å². The van der Waals surface area contributed by atoms with Crippen LogP contribution in [0.1, 0.15) is 24.8 Å². The van der Waals surface area contributed by atoms with Gasteiger partial charge in [0.15, 0.2) is 0 Å². The Morgan fingerprint density at radius 3 is 2.94 bits per heavy atom. The van der Waals surface area contributed by atoms with E-state index in [0.717, 1.165) is 11.4 Å². The minimum absolute atomic E-state index is 0.410. The molecule has 18 heavy (non-hydrogen) atoms. The van der Waals surface area contributed by atoms with E-state index in [1.54, 1.807) is 0 Å². The minimum Gasteiger partial charge on any atom is -0.480 e. The molecule has 2 rings (SSSR count). The van der Waals surface area contributed by atoms with Crippen LogP contribution >= 0.6 is 11.3 Å². The summed E-state index contributed by atoms with van der Waals surface area (Å²) in [6.45, 7) is 2.41. The average molecular weight is 270 g/mol. The molecule has 1 saturated heterocycles. The summed E-state index contributed by atoms with van der Waals surface area (Å²) >= 11 is 1.30. The number of carbonyl (C=O) groups excluding carboxylic acids is 1. The second-order valence-corrected chi connectivity index (χ2v) is 5.04. The van der Waals surface area contributed by atoms with Gasteiger partial charge in [-0.05, 0) is 19.3 Å². The summed E-state index contributed by atoms with van der Waals surface area (Å²) in [5.41, 5.74) is 0. The summed E-state index contributed by atoms with van der Waals surface area (Å²) in [6.07, 6.45) is 1.97. The van der Waals surface area contributed by atoms with E-state index in [9.17, 15) is 9.59 Å². The molecule has 0 radical (unpaired) electrons. The summed E-state index contributed by atoms with van der Waals surface area (Å²) in [6, 6.07) is -1.15. The van der Waals surface area contributed by atoms with Crippen LogP contribution in [0.15, 0.2) is 0 Å². The average Bonchev–Trinajstić information content (AvgIpc) is 2.96. The highest BCUT2D eigenvalue weighted by Crippen LogP contribution is 2.20. The van der Waals surface area contributed by atoms with Crippen molar-refractivity contribution in [3.63, 3.8) is 0 Å². The van der Waals surface area contributed by atoms with Crippen LogP contribution in [0.25, 0.3) is 0 Å². The third-order valence-electron chi connectivity index (χ3n) is 2.78. The maximum Gasteiger partial charge on any atom is 0.326 e. The molecule has 98 valence electrons. The zero-order chi connectivity index (χ0) is 13.1. The van der Waals surface area contributed by atoms with Crippen molar-refractivity contribution < 1.29 is 14.7 Å². The lowest BCUT2D eigenvalue weighted by Gasteiger charge is -2.20. The third kappa shape index (κ3) is 2.58. The summed E-state index contributed by atoms with van der Waals surface area (Å²) < 4.78 is 0. The number of carboxylic acid groups (broad SMARTS) is 1. The second-order valence-electron chi connectivity index (χ2n) is 3.97. The Balaban J connectivity index is 2.01. The normalized spacial score (nSPS) is 18.9. The molecule has 0 saturated carbocycles. The number of aryl methyl sites for hydroxylation is 1. The first-order valence-electron chi connectivity index (χ1n) is 5.74. The van der Waals surface area contributed by atoms with Crippen molar-refractivity contribution in [2.24, 2.45) is 0 Å². The zero-order valence-electron chi connectivity index (χ0n) is 9.92. The summed E-state index contributed by atoms with van der Waals surface area (Å²) in [7, 11) is 0. The van der Waals surface area contributed by atoms with E-state index in [2.05, 4.69) is 15.5 Å². The molecule has 7 nitrogen and oxygen atoms in total. The predicted octanol–water partition coefficient (Wildman–Crippen LogP) is 1.18. The lowest BCUT2D eigenvalue weighted by atomic mass is 10.2. The number of carbonyl (C=O) groups is 2. The van der Waals surface area contributed by atoms with Crippen molar-refractivity contribution in [3.05, 3.63) is 5.01 Å². The monoisotopic (exact) mass is 270 g/mol. The van der Waals surface area contributed by atoms with Gasteiger partial charge in [-0.25, -0.2) is 9.59 Å². The van der Waals surface area contributed by atoms with E-state index in [-0.39, 0.29) is 0 Å². The Morgan fingerprint density at radius 1 is 1.56 bits per heavy atom. The largest absolute Gasteiger partial charge is 0.480 e. The van der Waals surface area contributed by atoms with Crippen molar-refractivity contribution in [2.75, 3.05) is 11.9 Å². The third-order valence-corrected chi connectivity index (χ3v) is 3.76. The molecule has 0 spiro atoms. The molecular formula is C10H14N4O3S. The van der Waals surface area contributed by atoms with Crippen molar-refractivity contribution >= 4 is 28.5 Å². The van der Waals surface area contributed by atoms with Gasteiger partial charge in [0.2, 0.25) is 5.13 Å². The molecule has 2 N–H and O–H groups in total. The smallest absolute Gasteiger partial charge is 0.326 e. The molecular weight excluding hydrogens is 256 g/mol. The van der Waals surface area contributed by atoms with Gasteiger partial charge in [0, 0.05) is 6.54 Å². The van der Waals surface area contributed by atoms with Gasteiger partial charge in [-0.2, -0.15) is 0 Å². The number of hydrogen-bond donors (Lipinski definition) is 2. The minimum atomic E-state index is -0.964. The van der Waals surface area contributed by atoms with Gasteiger partial charge in [-0.15, -0.1) is 10.2 Å². The number of anilines is 1. The standard InChI is InChI=1S/C10H14N4O3S/c1-2-7-12-13-9(18-7)11-10(17)14-5-3-4-6(14)8(15)16/h6H,2-5H2,1H3,(H,15,16)(H,11,13,17). The summed E-state index contributed by atoms with van der Waals surface area (Å²) in [4.78, 5) is 24.2. The van der Waals surface area contributed by atoms with Crippen LogP contribution in [0.4, 0.5) is 9.93 Å². The Hall–Kier alpha value is -1.70. The fourth-order valence-electron chi connectivity index (χ4n) is 1.88. The highest BCUT2D eigenvalue weighted by Gasteiger charge is 2.34. The number of nitrogens with one attached hydrogen (secondary N) is 1. The molecule has 2 amide bonds. The van der Waals surface area contributed by atoms with Crippen LogP contribution in [0.3, 0.4) is 0 Å². The van der Waals surface area contributed by atoms with Gasteiger partial charge in [-0.3, -0.25) is 5.32 Å². The Labute approximate surface area is 108 Å². The molecule has 1 fully saturated rings. The first-order valence-corrected chi connectivity index (χ1v) is 6.56. The predicted molar refractivity (Wildman–Crippen MR) is 65.7 cm³/mol. The molecule has 2 heterocycles. The van der Waals surface area contributed by atoms with Crippen LogP contribution in [-0.4, -0.2) is 44.8 Å². The fourth-order valence-corrected chi connectivity index (χ4v) is 2.55. The van der Waals surface area contributed by atoms with E-state index < -0.39 is 18.0 Å². The second kappa shape index (κ2) is 5.30. The fraction of sp³-hybridized carbons (Fsp3) is 0.600. The van der Waals surface area contributed by atoms with Gasteiger partial charge in [0.25, 0.3) is 0 Å². The number of rotatable bonds is 3. The lowest BCUT2D eigenvalue weighted by molar-refractivity contribution is -0.141. The van der Waals surface area contributed by atoms with Crippen LogP contribution in [-0.2, 0) is 11.2 Å². The molecule has 0 bridgehead atoms. The number of amides is 2. The van der Waals surface area contributed by atoms with Crippen LogP contribution in [0.2, 0.25) is 0 Å². The highest BCUT2D eigenvalue weighted by atomic mass is 32.1. The number of likely N-dealkylation sites (tertiary alicyclic amines) is 1. The zero-order valence-corrected chi connectivity index (χ0v) is 10.7. The van der Waals surface area contributed by atoms with E-state index in [4.69, 9.17) is 5.11 Å². The molecule has 8 heteroatoms. The van der Waals surface area contributed by atoms with E-state index in [0.29, 0.717) is 24.5 Å². The van der Waals surface area contributed by atoms with Crippen LogP contribution < -0.4 is 5.32 Å². The van der Waals surface area contributed by atoms with Crippen LogP contribution in [0.5, 0.6) is 0 Å². The van der Waals surface area contributed by atoms with Gasteiger partial charge < -0.3 is 10.0 Å². The molecule has 1 unspecified atom stereocenters. The quantitative estimate of drug-likeness (QED) is 0.860. The molecule has 0 aromatic carbocycles. The SMILES string of the molecule is CCc1nnc(NC(=O)N2CCCC2C(=O)O)s1. The Morgan fingerprint density at radius 2 is 2.33 bits per heavy atom. The van der Waals surface area contributed by atoms with Gasteiger partial charge in [0.05, 0.1) is 0 Å². The number of aromatic nitrogens is 2. The van der Waals surface area contributed by atoms with Gasteiger partial charge >= 0.3 is 12.0 Å². The molecule has 1 aliphatic heterocycles. The van der Waals surface area contributed by atoms with E-state index in [1.807, 2.05) is 6.92 Å². The number of hydrogen-bond acceptors (Lipinski definition) is 5. The molecule has 1 aromatic rings. The molecule has 1 atom stereocenters. The first kappa shape index (κ1) is 12.7. The van der Waals surface area contributed by atoms with Crippen molar-refractivity contribution in [3.8, 4) is 0 Å². The van der Waals surface area contributed by atoms with Gasteiger partial charge in [0.1, 0.15) is 11.0 Å². The number of carboxylic acids is 1. The molecule has 1 aliphatic rings. The highest BCUT2D eigenvalue weighted by molar-refractivity contribution is 7.15. The lowest BCUT2D eigenvalue weighted by Crippen LogP contribution is -2.42. The van der Waals surface area contributed by atoms with Crippen molar-refractivity contribution in [2.45, 2.75) is 32.2 Å². The van der Waals surface area contributed by atoms with E-state index >= 15 is 0 Å².